The highest BCUT2D eigenvalue weighted by Crippen LogP contribution is 2.25. The molecule has 0 unspecified atom stereocenters. The number of hydrogen-bond donors (Lipinski definition) is 7. The first-order chi connectivity index (χ1) is 10.8. The van der Waals surface area contributed by atoms with Gasteiger partial charge in [0.25, 0.3) is 0 Å². The molecule has 0 aromatic rings. The van der Waals surface area contributed by atoms with Gasteiger partial charge < -0.3 is 45.2 Å². The molecule has 0 saturated carbocycles. The van der Waals surface area contributed by atoms with E-state index in [0.29, 0.717) is 0 Å². The summed E-state index contributed by atoms with van der Waals surface area (Å²) in [5, 5.41) is 68.4. The summed E-state index contributed by atoms with van der Waals surface area (Å²) >= 11 is 0. The number of β-amino-alcohol motifs (C(OH)–C–C–N with tert-alkyl or cyclic N) is 1. The van der Waals surface area contributed by atoms with Crippen molar-refractivity contribution in [2.45, 2.75) is 55.1 Å². The van der Waals surface area contributed by atoms with Crippen molar-refractivity contribution in [3.8, 4) is 0 Å². The van der Waals surface area contributed by atoms with Crippen molar-refractivity contribution in [2.24, 2.45) is 0 Å². The van der Waals surface area contributed by atoms with Crippen molar-refractivity contribution >= 4 is 0 Å². The number of ether oxygens (including phenoxy) is 2. The molecule has 2 fully saturated rings. The van der Waals surface area contributed by atoms with Gasteiger partial charge in [-0.1, -0.05) is 0 Å². The van der Waals surface area contributed by atoms with Crippen molar-refractivity contribution in [3.63, 3.8) is 0 Å². The van der Waals surface area contributed by atoms with Crippen molar-refractivity contribution in [2.75, 3.05) is 26.8 Å². The largest absolute Gasteiger partial charge is 0.395 e. The molecule has 0 spiro atoms. The molecule has 9 atom stereocenters. The summed E-state index contributed by atoms with van der Waals surface area (Å²) in [5.41, 5.74) is 0. The summed E-state index contributed by atoms with van der Waals surface area (Å²) in [6, 6.07) is -0.866. The van der Waals surface area contributed by atoms with Gasteiger partial charge in [0.2, 0.25) is 0 Å². The Morgan fingerprint density at radius 3 is 2.17 bits per heavy atom. The molecule has 0 bridgehead atoms. The van der Waals surface area contributed by atoms with Crippen molar-refractivity contribution in [1.82, 2.24) is 4.90 Å². The molecule has 0 radical (unpaired) electrons. The van der Waals surface area contributed by atoms with E-state index in [2.05, 4.69) is 0 Å². The third-order valence-corrected chi connectivity index (χ3v) is 4.53. The summed E-state index contributed by atoms with van der Waals surface area (Å²) in [6.07, 6.45) is -10.5. The molecule has 2 heterocycles. The molecule has 23 heavy (non-hydrogen) atoms. The first-order valence-electron chi connectivity index (χ1n) is 7.43. The van der Waals surface area contributed by atoms with Crippen LogP contribution in [0.25, 0.3) is 0 Å². The predicted molar refractivity (Wildman–Crippen MR) is 74.2 cm³/mol. The molecule has 10 heteroatoms. The van der Waals surface area contributed by atoms with Crippen molar-refractivity contribution in [3.05, 3.63) is 0 Å². The molecule has 0 aromatic heterocycles. The predicted octanol–water partition coefficient (Wildman–Crippen LogP) is -4.80. The van der Waals surface area contributed by atoms with Gasteiger partial charge in [0, 0.05) is 20.2 Å². The number of nitrogens with zero attached hydrogens (tertiary/aromatic N) is 1. The number of methoxy groups -OCH3 is 1. The average molecular weight is 339 g/mol. The van der Waals surface area contributed by atoms with Gasteiger partial charge in [-0.2, -0.15) is 0 Å². The van der Waals surface area contributed by atoms with Crippen molar-refractivity contribution in [1.29, 1.82) is 0 Å². The topological polar surface area (TPSA) is 163 Å². The summed E-state index contributed by atoms with van der Waals surface area (Å²) in [6.45, 7) is -0.601. The average Bonchev–Trinajstić information content (AvgIpc) is 2.53. The van der Waals surface area contributed by atoms with Gasteiger partial charge in [-0.05, 0) is 0 Å². The maximum atomic E-state index is 10.0. The van der Waals surface area contributed by atoms with Gasteiger partial charge in [-0.25, -0.2) is 0 Å². The molecular weight excluding hydrogens is 314 g/mol. The fraction of sp³-hybridized carbons (Fsp3) is 1.00. The molecule has 0 amide bonds. The van der Waals surface area contributed by atoms with Crippen molar-refractivity contribution < 1.29 is 45.2 Å². The standard InChI is InChI=1S/C13H25NO9/c1-22-13-12(21)11(20)10(19)7(23-13)3-14-2-6(16)9(18)8(17)5(14)4-15/h5-13,15-21H,2-4H2,1H3/t5-,6-,7+,8-,9-,10+,11-,12+,13-/m0/s1. The van der Waals surface area contributed by atoms with Crippen LogP contribution in [0.5, 0.6) is 0 Å². The van der Waals surface area contributed by atoms with E-state index in [0.717, 1.165) is 0 Å². The summed E-state index contributed by atoms with van der Waals surface area (Å²) in [4.78, 5) is 1.45. The zero-order valence-electron chi connectivity index (χ0n) is 12.7. The lowest BCUT2D eigenvalue weighted by molar-refractivity contribution is -0.294. The quantitative estimate of drug-likeness (QED) is 0.264. The summed E-state index contributed by atoms with van der Waals surface area (Å²) in [7, 11) is 1.27. The number of piperidine rings is 1. The van der Waals surface area contributed by atoms with E-state index in [-0.39, 0.29) is 13.1 Å². The van der Waals surface area contributed by atoms with E-state index in [1.165, 1.54) is 12.0 Å². The highest BCUT2D eigenvalue weighted by atomic mass is 16.7. The molecule has 2 aliphatic rings. The van der Waals surface area contributed by atoms with Crippen LogP contribution in [0.1, 0.15) is 0 Å². The van der Waals surface area contributed by atoms with E-state index in [1.54, 1.807) is 0 Å². The third kappa shape index (κ3) is 3.66. The second kappa shape index (κ2) is 7.66. The summed E-state index contributed by atoms with van der Waals surface area (Å²) < 4.78 is 10.3. The van der Waals surface area contributed by atoms with Crippen LogP contribution >= 0.6 is 0 Å². The Balaban J connectivity index is 2.09. The van der Waals surface area contributed by atoms with E-state index in [1.807, 2.05) is 0 Å². The van der Waals surface area contributed by atoms with Gasteiger partial charge in [-0.3, -0.25) is 4.90 Å². The Kier molecular flexibility index (Phi) is 6.30. The van der Waals surface area contributed by atoms with E-state index < -0.39 is 61.7 Å². The number of aliphatic hydroxyl groups is 7. The Morgan fingerprint density at radius 1 is 0.957 bits per heavy atom. The molecule has 2 saturated heterocycles. The summed E-state index contributed by atoms with van der Waals surface area (Å²) in [5.74, 6) is 0. The SMILES string of the molecule is CO[C@H]1O[C@H](CN2C[C@H](O)[C@H](O)[C@@H](O)[C@@H]2CO)[C@@H](O)[C@H](O)[C@H]1O. The lowest BCUT2D eigenvalue weighted by Crippen LogP contribution is -2.66. The minimum absolute atomic E-state index is 0.0587. The maximum absolute atomic E-state index is 10.0. The van der Waals surface area contributed by atoms with Crippen LogP contribution < -0.4 is 0 Å². The molecule has 0 aliphatic carbocycles. The Bertz CT molecular complexity index is 384. The van der Waals surface area contributed by atoms with Gasteiger partial charge in [-0.15, -0.1) is 0 Å². The zero-order chi connectivity index (χ0) is 17.3. The van der Waals surface area contributed by atoms with Gasteiger partial charge >= 0.3 is 0 Å². The van der Waals surface area contributed by atoms with E-state index in [9.17, 15) is 35.7 Å². The zero-order valence-corrected chi connectivity index (χ0v) is 12.7. The second-order valence-corrected chi connectivity index (χ2v) is 6.00. The molecule has 7 N–H and O–H groups in total. The number of aliphatic hydroxyl groups excluding tert-OH is 7. The van der Waals surface area contributed by atoms with Gasteiger partial charge in [0.05, 0.1) is 18.8 Å². The number of rotatable bonds is 4. The fourth-order valence-electron chi connectivity index (χ4n) is 3.08. The Hall–Kier alpha value is -0.400. The van der Waals surface area contributed by atoms with E-state index in [4.69, 9.17) is 9.47 Å². The second-order valence-electron chi connectivity index (χ2n) is 6.00. The molecular formula is C13H25NO9. The monoisotopic (exact) mass is 339 g/mol. The lowest BCUT2D eigenvalue weighted by atomic mass is 9.92. The van der Waals surface area contributed by atoms with Crippen LogP contribution in [0.3, 0.4) is 0 Å². The highest BCUT2D eigenvalue weighted by molar-refractivity contribution is 4.97. The number of hydrogen-bond acceptors (Lipinski definition) is 10. The molecule has 136 valence electrons. The van der Waals surface area contributed by atoms with Crippen LogP contribution in [0.15, 0.2) is 0 Å². The van der Waals surface area contributed by atoms with Crippen LogP contribution in [0.2, 0.25) is 0 Å². The first kappa shape index (κ1) is 18.9. The van der Waals surface area contributed by atoms with Crippen LogP contribution in [-0.2, 0) is 9.47 Å². The van der Waals surface area contributed by atoms with Crippen LogP contribution in [-0.4, -0.2) is 123 Å². The lowest BCUT2D eigenvalue weighted by Gasteiger charge is -2.46. The molecule has 2 aliphatic heterocycles. The Labute approximate surface area is 133 Å². The minimum Gasteiger partial charge on any atom is -0.395 e. The third-order valence-electron chi connectivity index (χ3n) is 4.53. The maximum Gasteiger partial charge on any atom is 0.186 e. The van der Waals surface area contributed by atoms with Gasteiger partial charge in [0.15, 0.2) is 6.29 Å². The van der Waals surface area contributed by atoms with E-state index >= 15 is 0 Å². The molecule has 2 rings (SSSR count). The highest BCUT2D eigenvalue weighted by Gasteiger charge is 2.47. The molecule has 0 aromatic carbocycles. The Morgan fingerprint density at radius 2 is 1.61 bits per heavy atom. The van der Waals surface area contributed by atoms with Crippen LogP contribution in [0, 0.1) is 0 Å². The van der Waals surface area contributed by atoms with Crippen LogP contribution in [0.4, 0.5) is 0 Å². The smallest absolute Gasteiger partial charge is 0.186 e. The fourth-order valence-corrected chi connectivity index (χ4v) is 3.08. The first-order valence-corrected chi connectivity index (χ1v) is 7.43. The van der Waals surface area contributed by atoms with Gasteiger partial charge in [0.1, 0.15) is 36.6 Å². The minimum atomic E-state index is -1.49. The molecule has 10 nitrogen and oxygen atoms in total. The number of likely N-dealkylation sites (tertiary alicyclic amines) is 1. The normalized spacial score (nSPS) is 49.3.